The van der Waals surface area contributed by atoms with Crippen LogP contribution in [0.4, 0.5) is 0 Å². The maximum Gasteiger partial charge on any atom is 0.354 e. The van der Waals surface area contributed by atoms with E-state index in [0.29, 0.717) is 11.5 Å². The van der Waals surface area contributed by atoms with E-state index in [4.69, 9.17) is 26.2 Å². The van der Waals surface area contributed by atoms with Crippen molar-refractivity contribution in [2.24, 2.45) is 0 Å². The number of hydrogen-bond acceptors (Lipinski definition) is 5. The first-order chi connectivity index (χ1) is 9.99. The molecule has 0 radical (unpaired) electrons. The monoisotopic (exact) mass is 310 g/mol. The van der Waals surface area contributed by atoms with Gasteiger partial charge >= 0.3 is 5.97 Å². The summed E-state index contributed by atoms with van der Waals surface area (Å²) in [5, 5.41) is 9.11. The predicted octanol–water partition coefficient (Wildman–Crippen LogP) is 2.01. The smallest absolute Gasteiger partial charge is 0.354 e. The number of ether oxygens (including phenoxy) is 2. The fourth-order valence-corrected chi connectivity index (χ4v) is 2.02. The minimum Gasteiger partial charge on any atom is -0.493 e. The Hall–Kier alpha value is -2.54. The van der Waals surface area contributed by atoms with Crippen molar-refractivity contribution in [2.45, 2.75) is 0 Å². The summed E-state index contributed by atoms with van der Waals surface area (Å²) in [6, 6.07) is 2.80. The van der Waals surface area contributed by atoms with Gasteiger partial charge < -0.3 is 19.6 Å². The fraction of sp³-hybridized carbons (Fsp3) is 0.154. The van der Waals surface area contributed by atoms with Gasteiger partial charge in [0.1, 0.15) is 5.69 Å². The van der Waals surface area contributed by atoms with Crippen molar-refractivity contribution in [3.8, 4) is 11.5 Å². The van der Waals surface area contributed by atoms with Gasteiger partial charge in [0, 0.05) is 11.6 Å². The quantitative estimate of drug-likeness (QED) is 0.819. The molecule has 110 valence electrons. The minimum atomic E-state index is -1.28. The maximum absolute atomic E-state index is 12.4. The molecule has 0 amide bonds. The number of carboxylic acids is 1. The average molecular weight is 311 g/mol. The molecule has 1 aromatic heterocycles. The Kier molecular flexibility index (Phi) is 4.13. The second-order valence-corrected chi connectivity index (χ2v) is 4.35. The van der Waals surface area contributed by atoms with Crippen molar-refractivity contribution in [1.29, 1.82) is 0 Å². The van der Waals surface area contributed by atoms with E-state index < -0.39 is 11.8 Å². The summed E-state index contributed by atoms with van der Waals surface area (Å²) in [6.07, 6.45) is 1.13. The number of halogens is 1. The van der Waals surface area contributed by atoms with Gasteiger partial charge in [-0.25, -0.2) is 9.78 Å². The number of aromatic carboxylic acids is 1. The Bertz CT molecular complexity index is 711. The van der Waals surface area contributed by atoms with Gasteiger partial charge in [0.05, 0.1) is 25.6 Å². The van der Waals surface area contributed by atoms with Crippen molar-refractivity contribution in [1.82, 2.24) is 9.97 Å². The van der Waals surface area contributed by atoms with Crippen LogP contribution in [0.5, 0.6) is 11.5 Å². The Morgan fingerprint density at radius 3 is 2.43 bits per heavy atom. The number of nitrogens with zero attached hydrogens (tertiary/aromatic N) is 1. The third kappa shape index (κ3) is 2.68. The van der Waals surface area contributed by atoms with Crippen molar-refractivity contribution in [2.75, 3.05) is 14.2 Å². The third-order valence-electron chi connectivity index (χ3n) is 2.79. The highest BCUT2D eigenvalue weighted by atomic mass is 35.5. The van der Waals surface area contributed by atoms with Crippen LogP contribution in [0.15, 0.2) is 18.5 Å². The van der Waals surface area contributed by atoms with Crippen LogP contribution >= 0.6 is 11.6 Å². The molecule has 2 rings (SSSR count). The molecule has 0 atom stereocenters. The van der Waals surface area contributed by atoms with Gasteiger partial charge in [-0.05, 0) is 6.07 Å². The van der Waals surface area contributed by atoms with Crippen molar-refractivity contribution >= 4 is 23.4 Å². The molecule has 0 saturated carbocycles. The van der Waals surface area contributed by atoms with Gasteiger partial charge in [-0.1, -0.05) is 11.6 Å². The number of H-pyrrole nitrogens is 1. The first-order valence-electron chi connectivity index (χ1n) is 5.72. The highest BCUT2D eigenvalue weighted by molar-refractivity contribution is 6.35. The molecule has 0 aliphatic heterocycles. The number of aromatic nitrogens is 2. The molecule has 0 aliphatic carbocycles. The van der Waals surface area contributed by atoms with Crippen molar-refractivity contribution in [3.05, 3.63) is 40.4 Å². The predicted molar refractivity (Wildman–Crippen MR) is 73.5 cm³/mol. The second-order valence-electron chi connectivity index (χ2n) is 3.95. The Balaban J connectivity index is 2.53. The molecule has 0 bridgehead atoms. The molecule has 21 heavy (non-hydrogen) atoms. The molecule has 2 N–H and O–H groups in total. The minimum absolute atomic E-state index is 0.0731. The van der Waals surface area contributed by atoms with Gasteiger partial charge in [0.15, 0.2) is 17.2 Å². The molecule has 0 fully saturated rings. The zero-order valence-corrected chi connectivity index (χ0v) is 11.9. The number of benzene rings is 1. The van der Waals surface area contributed by atoms with Crippen LogP contribution in [0.1, 0.15) is 26.5 Å². The van der Waals surface area contributed by atoms with Gasteiger partial charge in [-0.15, -0.1) is 0 Å². The standard InChI is InChI=1S/C13H11ClN2O5/c1-20-8-3-6(7(14)4-9(8)21-2)12(17)10-11(13(18)19)16-5-15-10/h3-5H,1-2H3,(H,15,16)(H,18,19). The van der Waals surface area contributed by atoms with E-state index >= 15 is 0 Å². The lowest BCUT2D eigenvalue weighted by Gasteiger charge is -2.10. The molecular formula is C13H11ClN2O5. The van der Waals surface area contributed by atoms with Crippen LogP contribution in [0.2, 0.25) is 5.02 Å². The number of hydrogen-bond donors (Lipinski definition) is 2. The Morgan fingerprint density at radius 2 is 1.86 bits per heavy atom. The molecule has 7 nitrogen and oxygen atoms in total. The molecule has 1 heterocycles. The molecule has 0 aliphatic rings. The highest BCUT2D eigenvalue weighted by Gasteiger charge is 2.24. The number of carbonyl (C=O) groups excluding carboxylic acids is 1. The van der Waals surface area contributed by atoms with E-state index in [1.807, 2.05) is 0 Å². The summed E-state index contributed by atoms with van der Waals surface area (Å²) >= 11 is 6.04. The van der Waals surface area contributed by atoms with Crippen LogP contribution in [-0.4, -0.2) is 41.0 Å². The van der Waals surface area contributed by atoms with Crippen molar-refractivity contribution in [3.63, 3.8) is 0 Å². The lowest BCUT2D eigenvalue weighted by molar-refractivity contribution is 0.0687. The lowest BCUT2D eigenvalue weighted by Crippen LogP contribution is -2.10. The lowest BCUT2D eigenvalue weighted by atomic mass is 10.1. The molecule has 0 spiro atoms. The van der Waals surface area contributed by atoms with Gasteiger partial charge in [0.2, 0.25) is 5.78 Å². The van der Waals surface area contributed by atoms with Gasteiger partial charge in [-0.3, -0.25) is 4.79 Å². The number of rotatable bonds is 5. The number of nitrogens with one attached hydrogen (secondary N) is 1. The van der Waals surface area contributed by atoms with Crippen LogP contribution in [0.3, 0.4) is 0 Å². The summed E-state index contributed by atoms with van der Waals surface area (Å²) in [5.74, 6) is -1.25. The van der Waals surface area contributed by atoms with E-state index in [-0.39, 0.29) is 22.0 Å². The summed E-state index contributed by atoms with van der Waals surface area (Å²) < 4.78 is 10.2. The fourth-order valence-electron chi connectivity index (χ4n) is 1.79. The molecular weight excluding hydrogens is 300 g/mol. The van der Waals surface area contributed by atoms with E-state index in [0.717, 1.165) is 6.33 Å². The topological polar surface area (TPSA) is 102 Å². The van der Waals surface area contributed by atoms with Crippen molar-refractivity contribution < 1.29 is 24.2 Å². The van der Waals surface area contributed by atoms with Crippen LogP contribution < -0.4 is 9.47 Å². The maximum atomic E-state index is 12.4. The zero-order chi connectivity index (χ0) is 15.6. The number of carbonyl (C=O) groups is 2. The van der Waals surface area contributed by atoms with Gasteiger partial charge in [0.25, 0.3) is 0 Å². The highest BCUT2D eigenvalue weighted by Crippen LogP contribution is 2.34. The largest absolute Gasteiger partial charge is 0.493 e. The van der Waals surface area contributed by atoms with Crippen LogP contribution in [0, 0.1) is 0 Å². The summed E-state index contributed by atoms with van der Waals surface area (Å²) in [4.78, 5) is 29.6. The van der Waals surface area contributed by atoms with Crippen LogP contribution in [-0.2, 0) is 0 Å². The number of ketones is 1. The SMILES string of the molecule is COc1cc(Cl)c(C(=O)c2nc[nH]c2C(=O)O)cc1OC. The van der Waals surface area contributed by atoms with E-state index in [1.165, 1.54) is 26.4 Å². The van der Waals surface area contributed by atoms with Gasteiger partial charge in [-0.2, -0.15) is 0 Å². The first-order valence-corrected chi connectivity index (χ1v) is 6.10. The van der Waals surface area contributed by atoms with E-state index in [2.05, 4.69) is 9.97 Å². The number of methoxy groups -OCH3 is 2. The first kappa shape index (κ1) is 14.9. The number of imidazole rings is 1. The number of aromatic amines is 1. The second kappa shape index (κ2) is 5.84. The summed E-state index contributed by atoms with van der Waals surface area (Å²) in [5.41, 5.74) is -0.452. The molecule has 0 unspecified atom stereocenters. The normalized spacial score (nSPS) is 10.2. The molecule has 8 heteroatoms. The molecule has 1 aromatic carbocycles. The summed E-state index contributed by atoms with van der Waals surface area (Å²) in [6.45, 7) is 0. The average Bonchev–Trinajstić information content (AvgIpc) is 2.95. The van der Waals surface area contributed by atoms with Crippen LogP contribution in [0.25, 0.3) is 0 Å². The number of carboxylic acid groups (broad SMARTS) is 1. The molecule has 2 aromatic rings. The van der Waals surface area contributed by atoms with E-state index in [9.17, 15) is 9.59 Å². The Labute approximate surface area is 124 Å². The summed E-state index contributed by atoms with van der Waals surface area (Å²) in [7, 11) is 2.85. The van der Waals surface area contributed by atoms with E-state index in [1.54, 1.807) is 0 Å². The third-order valence-corrected chi connectivity index (χ3v) is 3.10. The Morgan fingerprint density at radius 1 is 1.24 bits per heavy atom. The zero-order valence-electron chi connectivity index (χ0n) is 11.1. The molecule has 0 saturated heterocycles.